The topological polar surface area (TPSA) is 115 Å². The molecule has 7 heteroatoms. The highest BCUT2D eigenvalue weighted by Gasteiger charge is 2.09. The van der Waals surface area contributed by atoms with Crippen molar-refractivity contribution in [3.05, 3.63) is 71.4 Å². The number of carbonyl (C=O) groups excluding carboxylic acids is 1. The molecule has 0 atom stereocenters. The van der Waals surface area contributed by atoms with E-state index in [1.165, 1.54) is 6.20 Å². The Labute approximate surface area is 158 Å². The lowest BCUT2D eigenvalue weighted by Crippen LogP contribution is -2.20. The van der Waals surface area contributed by atoms with Gasteiger partial charge in [-0.25, -0.2) is 4.99 Å². The summed E-state index contributed by atoms with van der Waals surface area (Å²) in [5.41, 5.74) is 14.2. The summed E-state index contributed by atoms with van der Waals surface area (Å²) >= 11 is 0. The molecule has 140 valence electrons. The first kappa shape index (κ1) is 19.9. The van der Waals surface area contributed by atoms with Crippen LogP contribution in [0.4, 0.5) is 5.69 Å². The number of rotatable bonds is 6. The van der Waals surface area contributed by atoms with Gasteiger partial charge in [0, 0.05) is 43.3 Å². The Balaban J connectivity index is 2.13. The highest BCUT2D eigenvalue weighted by molar-refractivity contribution is 6.04. The van der Waals surface area contributed by atoms with Crippen molar-refractivity contribution in [1.82, 2.24) is 0 Å². The zero-order valence-electron chi connectivity index (χ0n) is 15.3. The summed E-state index contributed by atoms with van der Waals surface area (Å²) in [6.07, 6.45) is 4.70. The van der Waals surface area contributed by atoms with Crippen LogP contribution in [0.15, 0.2) is 64.7 Å². The molecule has 0 saturated carbocycles. The van der Waals surface area contributed by atoms with Crippen LogP contribution in [-0.2, 0) is 6.54 Å². The standard InChI is InChI=1S/C20H23N5O2/c1-14-7-8-17(12-18(14)27-20(22)24-10-4-9-23-2)25-19(26)16-6-3-5-15(11-16)13-21/h3-12H,13,21H2,1-2H3,(H2,22,24)(H,25,26)/b10-4-,23-9?. The number of ether oxygens (including phenoxy) is 1. The number of allylic oxidation sites excluding steroid dienone is 1. The highest BCUT2D eigenvalue weighted by Crippen LogP contribution is 2.23. The lowest BCUT2D eigenvalue weighted by atomic mass is 10.1. The van der Waals surface area contributed by atoms with Crippen LogP contribution in [0.3, 0.4) is 0 Å². The molecule has 1 amide bonds. The molecule has 0 fully saturated rings. The van der Waals surface area contributed by atoms with Crippen LogP contribution in [-0.4, -0.2) is 25.2 Å². The third-order valence-electron chi connectivity index (χ3n) is 3.61. The molecule has 0 spiro atoms. The molecule has 2 aromatic rings. The number of amidine groups is 1. The maximum absolute atomic E-state index is 12.4. The summed E-state index contributed by atoms with van der Waals surface area (Å²) in [4.78, 5) is 20.2. The molecule has 2 aromatic carbocycles. The first-order chi connectivity index (χ1) is 13.0. The van der Waals surface area contributed by atoms with Gasteiger partial charge in [0.2, 0.25) is 0 Å². The summed E-state index contributed by atoms with van der Waals surface area (Å²) in [5, 5.41) is 2.84. The SMILES string of the molecule is CN=C/C=C\N=C(N)Oc1cc(NC(=O)c2cccc(CN)c2)ccc1C. The van der Waals surface area contributed by atoms with E-state index in [0.29, 0.717) is 23.5 Å². The molecule has 27 heavy (non-hydrogen) atoms. The Morgan fingerprint density at radius 2 is 2.07 bits per heavy atom. The molecular weight excluding hydrogens is 342 g/mol. The van der Waals surface area contributed by atoms with Crippen molar-refractivity contribution >= 4 is 23.8 Å². The molecule has 0 heterocycles. The van der Waals surface area contributed by atoms with Gasteiger partial charge < -0.3 is 21.5 Å². The normalized spacial score (nSPS) is 11.9. The van der Waals surface area contributed by atoms with Crippen molar-refractivity contribution in [2.75, 3.05) is 12.4 Å². The Bertz CT molecular complexity index is 888. The molecule has 2 rings (SSSR count). The van der Waals surface area contributed by atoms with Gasteiger partial charge in [0.05, 0.1) is 0 Å². The number of hydrogen-bond acceptors (Lipinski definition) is 5. The molecule has 0 unspecified atom stereocenters. The fraction of sp³-hybridized carbons (Fsp3) is 0.150. The van der Waals surface area contributed by atoms with Crippen LogP contribution >= 0.6 is 0 Å². The number of nitrogens with one attached hydrogen (secondary N) is 1. The molecule has 0 aliphatic carbocycles. The second-order valence-corrected chi connectivity index (χ2v) is 5.66. The minimum atomic E-state index is -0.233. The fourth-order valence-corrected chi connectivity index (χ4v) is 2.21. The molecule has 5 N–H and O–H groups in total. The highest BCUT2D eigenvalue weighted by atomic mass is 16.5. The van der Waals surface area contributed by atoms with E-state index in [-0.39, 0.29) is 11.9 Å². The summed E-state index contributed by atoms with van der Waals surface area (Å²) in [5.74, 6) is 0.269. The number of hydrogen-bond donors (Lipinski definition) is 3. The van der Waals surface area contributed by atoms with Gasteiger partial charge in [0.15, 0.2) is 0 Å². The van der Waals surface area contributed by atoms with E-state index in [2.05, 4.69) is 15.3 Å². The summed E-state index contributed by atoms with van der Waals surface area (Å²) < 4.78 is 5.55. The minimum Gasteiger partial charge on any atom is -0.426 e. The van der Waals surface area contributed by atoms with Crippen molar-refractivity contribution in [3.63, 3.8) is 0 Å². The van der Waals surface area contributed by atoms with Gasteiger partial charge in [-0.3, -0.25) is 9.79 Å². The Kier molecular flexibility index (Phi) is 7.27. The third kappa shape index (κ3) is 6.09. The average molecular weight is 365 g/mol. The quantitative estimate of drug-likeness (QED) is 0.539. The smallest absolute Gasteiger partial charge is 0.292 e. The lowest BCUT2D eigenvalue weighted by molar-refractivity contribution is 0.102. The summed E-state index contributed by atoms with van der Waals surface area (Å²) in [7, 11) is 1.66. The summed E-state index contributed by atoms with van der Waals surface area (Å²) in [6, 6.07) is 12.5. The number of nitrogens with two attached hydrogens (primary N) is 2. The first-order valence-corrected chi connectivity index (χ1v) is 8.33. The van der Waals surface area contributed by atoms with Crippen molar-refractivity contribution < 1.29 is 9.53 Å². The van der Waals surface area contributed by atoms with Crippen LogP contribution in [0.5, 0.6) is 5.75 Å². The maximum Gasteiger partial charge on any atom is 0.292 e. The molecule has 0 bridgehead atoms. The maximum atomic E-state index is 12.4. The third-order valence-corrected chi connectivity index (χ3v) is 3.61. The van der Waals surface area contributed by atoms with Crippen molar-refractivity contribution in [2.45, 2.75) is 13.5 Å². The van der Waals surface area contributed by atoms with Crippen LogP contribution in [0.25, 0.3) is 0 Å². The number of anilines is 1. The van der Waals surface area contributed by atoms with Gasteiger partial charge >= 0.3 is 0 Å². The van der Waals surface area contributed by atoms with Crippen molar-refractivity contribution in [3.8, 4) is 5.75 Å². The van der Waals surface area contributed by atoms with Gasteiger partial charge in [0.25, 0.3) is 11.9 Å². The number of nitrogens with zero attached hydrogens (tertiary/aromatic N) is 2. The van der Waals surface area contributed by atoms with Gasteiger partial charge in [0.1, 0.15) is 5.75 Å². The largest absolute Gasteiger partial charge is 0.426 e. The van der Waals surface area contributed by atoms with Gasteiger partial charge in [-0.15, -0.1) is 0 Å². The number of aryl methyl sites for hydroxylation is 1. The zero-order valence-corrected chi connectivity index (χ0v) is 15.3. The monoisotopic (exact) mass is 365 g/mol. The van der Waals surface area contributed by atoms with Gasteiger partial charge in [-0.1, -0.05) is 18.2 Å². The minimum absolute atomic E-state index is 0.0158. The van der Waals surface area contributed by atoms with E-state index in [4.69, 9.17) is 16.2 Å². The molecular formula is C20H23N5O2. The van der Waals surface area contributed by atoms with Crippen LogP contribution in [0.1, 0.15) is 21.5 Å². The molecule has 0 saturated heterocycles. The Hall–Kier alpha value is -3.45. The predicted octanol–water partition coefficient (Wildman–Crippen LogP) is 2.61. The second-order valence-electron chi connectivity index (χ2n) is 5.66. The number of carbonyl (C=O) groups is 1. The predicted molar refractivity (Wildman–Crippen MR) is 109 cm³/mol. The molecule has 0 aliphatic rings. The van der Waals surface area contributed by atoms with Crippen LogP contribution in [0, 0.1) is 6.92 Å². The van der Waals surface area contributed by atoms with Crippen molar-refractivity contribution in [2.24, 2.45) is 21.5 Å². The number of benzene rings is 2. The number of aliphatic imine (C=N–C) groups is 2. The van der Waals surface area contributed by atoms with E-state index in [1.807, 2.05) is 19.1 Å². The van der Waals surface area contributed by atoms with Gasteiger partial charge in [-0.05, 0) is 42.3 Å². The first-order valence-electron chi connectivity index (χ1n) is 8.33. The lowest BCUT2D eigenvalue weighted by Gasteiger charge is -2.11. The second kappa shape index (κ2) is 9.88. The van der Waals surface area contributed by atoms with E-state index in [0.717, 1.165) is 11.1 Å². The van der Waals surface area contributed by atoms with E-state index in [9.17, 15) is 4.79 Å². The molecule has 0 aliphatic heterocycles. The van der Waals surface area contributed by atoms with E-state index in [1.54, 1.807) is 49.7 Å². The number of amides is 1. The van der Waals surface area contributed by atoms with E-state index < -0.39 is 0 Å². The molecule has 0 aromatic heterocycles. The Morgan fingerprint density at radius 3 is 2.81 bits per heavy atom. The van der Waals surface area contributed by atoms with E-state index >= 15 is 0 Å². The van der Waals surface area contributed by atoms with Gasteiger partial charge in [-0.2, -0.15) is 0 Å². The molecule has 0 radical (unpaired) electrons. The fourth-order valence-electron chi connectivity index (χ4n) is 2.21. The molecule has 7 nitrogen and oxygen atoms in total. The van der Waals surface area contributed by atoms with Crippen LogP contribution in [0.2, 0.25) is 0 Å². The van der Waals surface area contributed by atoms with Crippen LogP contribution < -0.4 is 21.5 Å². The summed E-state index contributed by atoms with van der Waals surface area (Å²) in [6.45, 7) is 2.25. The Morgan fingerprint density at radius 1 is 1.26 bits per heavy atom. The van der Waals surface area contributed by atoms with Crippen molar-refractivity contribution in [1.29, 1.82) is 0 Å². The average Bonchev–Trinajstić information content (AvgIpc) is 2.68. The zero-order chi connectivity index (χ0) is 19.6.